The van der Waals surface area contributed by atoms with Gasteiger partial charge in [0.25, 0.3) is 5.65 Å². The second-order valence-corrected chi connectivity index (χ2v) is 10.7. The first kappa shape index (κ1) is 18.5. The minimum absolute atomic E-state index is 0.254. The van der Waals surface area contributed by atoms with Crippen molar-refractivity contribution in [3.8, 4) is 11.5 Å². The van der Waals surface area contributed by atoms with Crippen LogP contribution in [0.2, 0.25) is 0 Å². The highest BCUT2D eigenvalue weighted by Gasteiger charge is 2.63. The number of imidazole rings is 1. The van der Waals surface area contributed by atoms with Crippen molar-refractivity contribution in [1.82, 2.24) is 19.9 Å². The van der Waals surface area contributed by atoms with Crippen molar-refractivity contribution in [1.29, 1.82) is 0 Å². The van der Waals surface area contributed by atoms with Crippen LogP contribution in [0.15, 0.2) is 33.0 Å². The zero-order valence-electron chi connectivity index (χ0n) is 16.8. The number of nitrogens with two attached hydrogens (primary N) is 1. The summed E-state index contributed by atoms with van der Waals surface area (Å²) in [5.41, 5.74) is 7.82. The maximum atomic E-state index is 6.17. The largest absolute Gasteiger partial charge is 0.454 e. The smallest absolute Gasteiger partial charge is 0.294 e. The van der Waals surface area contributed by atoms with Crippen LogP contribution in [0, 0.1) is 5.92 Å². The molecule has 160 valence electrons. The van der Waals surface area contributed by atoms with Crippen LogP contribution in [0.5, 0.6) is 11.5 Å². The molecule has 3 saturated heterocycles. The van der Waals surface area contributed by atoms with E-state index in [1.807, 2.05) is 18.5 Å². The summed E-state index contributed by atoms with van der Waals surface area (Å²) in [5.74, 6) is 2.78. The number of ether oxygens (including phenoxy) is 2. The summed E-state index contributed by atoms with van der Waals surface area (Å²) in [6.45, 7) is 1.17. The molecule has 2 aromatic heterocycles. The molecule has 31 heavy (non-hydrogen) atoms. The number of aromatic amines is 1. The van der Waals surface area contributed by atoms with E-state index >= 15 is 0 Å². The van der Waals surface area contributed by atoms with Crippen LogP contribution in [0.1, 0.15) is 25.7 Å². The van der Waals surface area contributed by atoms with Crippen molar-refractivity contribution in [2.75, 3.05) is 12.5 Å². The molecule has 0 spiro atoms. The fraction of sp³-hybridized carbons (Fsp3) is 0.476. The zero-order chi connectivity index (χ0) is 20.7. The van der Waals surface area contributed by atoms with Gasteiger partial charge in [-0.25, -0.2) is 4.57 Å². The van der Waals surface area contributed by atoms with Crippen LogP contribution in [-0.2, 0) is 6.54 Å². The summed E-state index contributed by atoms with van der Waals surface area (Å²) < 4.78 is 14.0. The zero-order valence-corrected chi connectivity index (χ0v) is 19.2. The number of benzene rings is 1. The first-order valence-electron chi connectivity index (χ1n) is 10.7. The molecule has 6 heterocycles. The molecule has 3 aromatic rings. The number of fused-ring (bicyclic) bond motifs is 3. The Morgan fingerprint density at radius 3 is 3.00 bits per heavy atom. The number of anilines is 1. The molecule has 4 aliphatic heterocycles. The van der Waals surface area contributed by atoms with Gasteiger partial charge in [0, 0.05) is 27.5 Å². The summed E-state index contributed by atoms with van der Waals surface area (Å²) in [4.78, 5) is 16.4. The van der Waals surface area contributed by atoms with E-state index in [0.29, 0.717) is 5.82 Å². The van der Waals surface area contributed by atoms with Gasteiger partial charge in [-0.05, 0) is 71.4 Å². The van der Waals surface area contributed by atoms with Crippen LogP contribution in [0.4, 0.5) is 5.82 Å². The van der Waals surface area contributed by atoms with Crippen molar-refractivity contribution in [3.63, 3.8) is 0 Å². The highest BCUT2D eigenvalue weighted by molar-refractivity contribution is 9.10. The number of rotatable bonds is 5. The van der Waals surface area contributed by atoms with E-state index < -0.39 is 0 Å². The van der Waals surface area contributed by atoms with E-state index in [9.17, 15) is 0 Å². The molecule has 4 aliphatic rings. The van der Waals surface area contributed by atoms with Crippen LogP contribution >= 0.6 is 27.7 Å². The van der Waals surface area contributed by atoms with Crippen LogP contribution in [-0.4, -0.2) is 44.8 Å². The number of hydrogen-bond acceptors (Lipinski definition) is 7. The lowest BCUT2D eigenvalue weighted by molar-refractivity contribution is -0.677. The predicted molar refractivity (Wildman–Crippen MR) is 118 cm³/mol. The minimum atomic E-state index is 0.254. The predicted octanol–water partition coefficient (Wildman–Crippen LogP) is 3.10. The van der Waals surface area contributed by atoms with Gasteiger partial charge in [0.2, 0.25) is 24.1 Å². The Morgan fingerprint density at radius 2 is 2.16 bits per heavy atom. The number of hydrogen-bond donors (Lipinski definition) is 2. The standard InChI is InChI=1S/C21H21BrN6O2S/c22-12-6-14-15(30-9-29-14)7-16(12)31-21-25-17-19(23)24-8-27(20(17)26-21)4-3-10-5-11-1-2-13-18(10)28(11)13/h6-8,10-11,13,18H,1-5,9H2,(H2,23,25,26)/p+1/t10-,11+,13-,18?,28?/m0/s1. The molecule has 0 saturated carbocycles. The lowest BCUT2D eigenvalue weighted by Crippen LogP contribution is -2.37. The number of aromatic nitrogens is 4. The number of aryl methyl sites for hydroxylation is 1. The lowest BCUT2D eigenvalue weighted by atomic mass is 9.96. The van der Waals surface area contributed by atoms with Gasteiger partial charge < -0.3 is 20.2 Å². The van der Waals surface area contributed by atoms with Crippen LogP contribution in [0.25, 0.3) is 11.2 Å². The van der Waals surface area contributed by atoms with E-state index in [1.165, 1.54) is 37.4 Å². The van der Waals surface area contributed by atoms with Crippen molar-refractivity contribution in [2.45, 2.75) is 60.4 Å². The van der Waals surface area contributed by atoms with Crippen molar-refractivity contribution < 1.29 is 14.0 Å². The van der Waals surface area contributed by atoms with Crippen molar-refractivity contribution >= 4 is 44.7 Å². The van der Waals surface area contributed by atoms with E-state index in [-0.39, 0.29) is 6.79 Å². The number of nitrogen functional groups attached to an aromatic ring is 1. The number of H-pyrrole nitrogens is 1. The highest BCUT2D eigenvalue weighted by Crippen LogP contribution is 2.55. The van der Waals surface area contributed by atoms with Gasteiger partial charge >= 0.3 is 0 Å². The molecule has 3 fully saturated rings. The number of nitrogens with zero attached hydrogens (tertiary/aromatic N) is 4. The number of piperidine rings is 2. The summed E-state index contributed by atoms with van der Waals surface area (Å²) in [6, 6.07) is 6.47. The molecule has 1 aromatic carbocycles. The molecule has 7 rings (SSSR count). The minimum Gasteiger partial charge on any atom is -0.454 e. The van der Waals surface area contributed by atoms with Gasteiger partial charge in [-0.1, -0.05) is 9.97 Å². The Hall–Kier alpha value is -2.04. The molecule has 0 bridgehead atoms. The third-order valence-electron chi connectivity index (χ3n) is 7.21. The topological polar surface area (TPSA) is 92.9 Å². The van der Waals surface area contributed by atoms with Gasteiger partial charge in [-0.15, -0.1) is 0 Å². The summed E-state index contributed by atoms with van der Waals surface area (Å²) >= 11 is 5.15. The Labute approximate surface area is 191 Å². The number of halogens is 1. The first-order chi connectivity index (χ1) is 15.2. The Morgan fingerprint density at radius 1 is 1.29 bits per heavy atom. The molecule has 2 unspecified atom stereocenters. The molecule has 10 heteroatoms. The lowest BCUT2D eigenvalue weighted by Gasteiger charge is -2.11. The highest BCUT2D eigenvalue weighted by atomic mass is 79.9. The fourth-order valence-electron chi connectivity index (χ4n) is 5.82. The molecular weight excluding hydrogens is 480 g/mol. The van der Waals surface area contributed by atoms with Crippen molar-refractivity contribution in [3.05, 3.63) is 22.9 Å². The van der Waals surface area contributed by atoms with Crippen molar-refractivity contribution in [2.24, 2.45) is 5.92 Å². The van der Waals surface area contributed by atoms with Gasteiger partial charge in [-0.3, -0.25) is 4.90 Å². The Balaban J connectivity index is 1.15. The van der Waals surface area contributed by atoms with E-state index in [1.54, 1.807) is 0 Å². The average molecular weight is 502 g/mol. The second kappa shape index (κ2) is 6.73. The maximum Gasteiger partial charge on any atom is 0.294 e. The fourth-order valence-corrected chi connectivity index (χ4v) is 7.20. The molecule has 0 radical (unpaired) electrons. The average Bonchev–Trinajstić information content (AvgIpc) is 3.17. The summed E-state index contributed by atoms with van der Waals surface area (Å²) in [7, 11) is 0. The molecule has 8 nitrogen and oxygen atoms in total. The first-order valence-corrected chi connectivity index (χ1v) is 12.3. The van der Waals surface area contributed by atoms with Crippen LogP contribution < -0.4 is 19.8 Å². The Bertz CT molecular complexity index is 1220. The molecule has 5 atom stereocenters. The Kier molecular flexibility index (Phi) is 4.02. The molecule has 3 N–H and O–H groups in total. The van der Waals surface area contributed by atoms with E-state index in [0.717, 1.165) is 67.8 Å². The number of nitrogens with one attached hydrogen (secondary N) is 1. The summed E-state index contributed by atoms with van der Waals surface area (Å²) in [5, 5.41) is 0.773. The van der Waals surface area contributed by atoms with E-state index in [2.05, 4.69) is 35.4 Å². The molecule has 0 amide bonds. The quantitative estimate of drug-likeness (QED) is 0.409. The van der Waals surface area contributed by atoms with E-state index in [4.69, 9.17) is 20.2 Å². The van der Waals surface area contributed by atoms with Gasteiger partial charge in [0.1, 0.15) is 0 Å². The second-order valence-electron chi connectivity index (χ2n) is 8.82. The van der Waals surface area contributed by atoms with Gasteiger partial charge in [0.05, 0.1) is 6.54 Å². The third-order valence-corrected chi connectivity index (χ3v) is 9.07. The molecular formula is C21H22BrN6O2S+. The monoisotopic (exact) mass is 501 g/mol. The van der Waals surface area contributed by atoms with Gasteiger partial charge in [0.15, 0.2) is 17.0 Å². The maximum absolute atomic E-state index is 6.17. The summed E-state index contributed by atoms with van der Waals surface area (Å²) in [6.07, 6.45) is 7.16. The molecule has 0 aliphatic carbocycles. The van der Waals surface area contributed by atoms with Crippen LogP contribution in [0.3, 0.4) is 0 Å². The third kappa shape index (κ3) is 2.87. The normalized spacial score (nSPS) is 29.6. The van der Waals surface area contributed by atoms with Gasteiger partial charge in [-0.2, -0.15) is 0 Å². The SMILES string of the molecule is Nc1nc[n+](CC[C@H]2C[C@H]3CC[C@H]4C2N34)c2nc(Sc3cc4c(cc3Br)OCO4)[nH]c12.